The number of amides is 1. The standard InChI is InChI=1S/C27H25NO5/c1-32-24-15-13-20(16-25(24)33-2)18-28-23-11-7-6-10-22(23)27(31,26(28)30)17-21(29)14-12-19-8-4-3-5-9-19/h3-16,31H,17-18H2,1-2H3. The highest BCUT2D eigenvalue weighted by Gasteiger charge is 2.50. The van der Waals surface area contributed by atoms with E-state index in [2.05, 4.69) is 0 Å². The fourth-order valence-electron chi connectivity index (χ4n) is 4.06. The van der Waals surface area contributed by atoms with E-state index < -0.39 is 11.5 Å². The van der Waals surface area contributed by atoms with Crippen molar-refractivity contribution in [3.63, 3.8) is 0 Å². The average Bonchev–Trinajstić information content (AvgIpc) is 3.05. The molecule has 1 aliphatic rings. The average molecular weight is 443 g/mol. The van der Waals surface area contributed by atoms with E-state index in [9.17, 15) is 14.7 Å². The van der Waals surface area contributed by atoms with E-state index >= 15 is 0 Å². The number of benzene rings is 3. The molecule has 1 amide bonds. The Bertz CT molecular complexity index is 1200. The van der Waals surface area contributed by atoms with Crippen molar-refractivity contribution in [3.8, 4) is 11.5 Å². The van der Waals surface area contributed by atoms with Crippen molar-refractivity contribution in [1.29, 1.82) is 0 Å². The van der Waals surface area contributed by atoms with Crippen LogP contribution in [0.25, 0.3) is 6.08 Å². The minimum absolute atomic E-state index is 0.215. The van der Waals surface area contributed by atoms with E-state index in [-0.39, 0.29) is 18.7 Å². The zero-order valence-electron chi connectivity index (χ0n) is 18.5. The number of hydrogen-bond acceptors (Lipinski definition) is 5. The maximum absolute atomic E-state index is 13.4. The third-order valence-corrected chi connectivity index (χ3v) is 5.72. The van der Waals surface area contributed by atoms with E-state index in [4.69, 9.17) is 9.47 Å². The first-order chi connectivity index (χ1) is 16.0. The fraction of sp³-hybridized carbons (Fsp3) is 0.185. The second-order valence-electron chi connectivity index (χ2n) is 7.85. The summed E-state index contributed by atoms with van der Waals surface area (Å²) in [6.07, 6.45) is 2.74. The molecule has 4 rings (SSSR count). The Kier molecular flexibility index (Phi) is 6.29. The van der Waals surface area contributed by atoms with Gasteiger partial charge in [0.25, 0.3) is 5.91 Å². The van der Waals surface area contributed by atoms with Gasteiger partial charge in [0.1, 0.15) is 0 Å². The molecule has 6 heteroatoms. The summed E-state index contributed by atoms with van der Waals surface area (Å²) in [6.45, 7) is 0.215. The molecular formula is C27H25NO5. The molecule has 3 aromatic rings. The molecule has 0 radical (unpaired) electrons. The van der Waals surface area contributed by atoms with Crippen molar-refractivity contribution < 1.29 is 24.2 Å². The third kappa shape index (κ3) is 4.38. The molecule has 1 aliphatic heterocycles. The lowest BCUT2D eigenvalue weighted by molar-refractivity contribution is -0.140. The number of aliphatic hydroxyl groups is 1. The SMILES string of the molecule is COc1ccc(CN2C(=O)C(O)(CC(=O)C=Cc3ccccc3)c3ccccc32)cc1OC. The van der Waals surface area contributed by atoms with Crippen molar-refractivity contribution in [1.82, 2.24) is 0 Å². The first kappa shape index (κ1) is 22.3. The van der Waals surface area contributed by atoms with Crippen LogP contribution in [-0.2, 0) is 21.7 Å². The molecule has 0 saturated carbocycles. The predicted molar refractivity (Wildman–Crippen MR) is 126 cm³/mol. The molecule has 0 aromatic heterocycles. The third-order valence-electron chi connectivity index (χ3n) is 5.72. The van der Waals surface area contributed by atoms with E-state index in [0.29, 0.717) is 22.7 Å². The van der Waals surface area contributed by atoms with Gasteiger partial charge in [0.15, 0.2) is 22.9 Å². The summed E-state index contributed by atoms with van der Waals surface area (Å²) in [5, 5.41) is 11.4. The molecule has 0 spiro atoms. The largest absolute Gasteiger partial charge is 0.493 e. The zero-order valence-corrected chi connectivity index (χ0v) is 18.5. The Morgan fingerprint density at radius 3 is 2.39 bits per heavy atom. The molecule has 1 atom stereocenters. The molecule has 0 fully saturated rings. The summed E-state index contributed by atoms with van der Waals surface area (Å²) in [6, 6.07) is 21.8. The normalized spacial score (nSPS) is 17.3. The summed E-state index contributed by atoms with van der Waals surface area (Å²) in [4.78, 5) is 27.6. The Balaban J connectivity index is 1.60. The number of para-hydroxylation sites is 1. The smallest absolute Gasteiger partial charge is 0.264 e. The van der Waals surface area contributed by atoms with E-state index in [0.717, 1.165) is 11.1 Å². The van der Waals surface area contributed by atoms with Gasteiger partial charge in [0.05, 0.1) is 32.9 Å². The molecule has 3 aromatic carbocycles. The van der Waals surface area contributed by atoms with Gasteiger partial charge < -0.3 is 19.5 Å². The lowest BCUT2D eigenvalue weighted by atomic mass is 9.89. The van der Waals surface area contributed by atoms with Gasteiger partial charge in [0.2, 0.25) is 0 Å². The molecule has 0 aliphatic carbocycles. The predicted octanol–water partition coefficient (Wildman–Crippen LogP) is 4.11. The van der Waals surface area contributed by atoms with Gasteiger partial charge in [-0.15, -0.1) is 0 Å². The Labute approximate surface area is 192 Å². The van der Waals surface area contributed by atoms with Crippen molar-refractivity contribution in [3.05, 3.63) is 95.6 Å². The van der Waals surface area contributed by atoms with Crippen LogP contribution in [0.2, 0.25) is 0 Å². The molecule has 168 valence electrons. The van der Waals surface area contributed by atoms with Crippen LogP contribution in [0, 0.1) is 0 Å². The lowest BCUT2D eigenvalue weighted by Crippen LogP contribution is -2.41. The maximum Gasteiger partial charge on any atom is 0.264 e. The van der Waals surface area contributed by atoms with Crippen LogP contribution >= 0.6 is 0 Å². The Morgan fingerprint density at radius 2 is 1.67 bits per heavy atom. The summed E-state index contributed by atoms with van der Waals surface area (Å²) >= 11 is 0. The number of hydrogen-bond donors (Lipinski definition) is 1. The van der Waals surface area contributed by atoms with Gasteiger partial charge >= 0.3 is 0 Å². The van der Waals surface area contributed by atoms with Gasteiger partial charge in [-0.05, 0) is 35.4 Å². The molecule has 33 heavy (non-hydrogen) atoms. The number of rotatable bonds is 8. The van der Waals surface area contributed by atoms with E-state index in [1.54, 1.807) is 56.7 Å². The second-order valence-corrected chi connectivity index (χ2v) is 7.85. The second kappa shape index (κ2) is 9.30. The molecule has 0 saturated heterocycles. The number of methoxy groups -OCH3 is 2. The number of nitrogens with zero attached hydrogens (tertiary/aromatic N) is 1. The minimum Gasteiger partial charge on any atom is -0.493 e. The molecule has 0 bridgehead atoms. The molecule has 6 nitrogen and oxygen atoms in total. The Morgan fingerprint density at radius 1 is 0.970 bits per heavy atom. The number of fused-ring (bicyclic) bond motifs is 1. The highest BCUT2D eigenvalue weighted by Crippen LogP contribution is 2.43. The van der Waals surface area contributed by atoms with Crippen molar-refractivity contribution >= 4 is 23.5 Å². The minimum atomic E-state index is -1.93. The van der Waals surface area contributed by atoms with Crippen molar-refractivity contribution in [2.75, 3.05) is 19.1 Å². The summed E-state index contributed by atoms with van der Waals surface area (Å²) in [5.41, 5.74) is 0.753. The molecular weight excluding hydrogens is 418 g/mol. The summed E-state index contributed by atoms with van der Waals surface area (Å²) in [5.74, 6) is 0.269. The van der Waals surface area contributed by atoms with Crippen LogP contribution in [0.15, 0.2) is 78.9 Å². The van der Waals surface area contributed by atoms with Gasteiger partial charge in [-0.3, -0.25) is 9.59 Å². The number of allylic oxidation sites excluding steroid dienone is 1. The monoisotopic (exact) mass is 443 g/mol. The van der Waals surface area contributed by atoms with Crippen LogP contribution in [0.3, 0.4) is 0 Å². The number of carbonyl (C=O) groups excluding carboxylic acids is 2. The highest BCUT2D eigenvalue weighted by atomic mass is 16.5. The molecule has 1 unspecified atom stereocenters. The zero-order chi connectivity index (χ0) is 23.4. The van der Waals surface area contributed by atoms with Gasteiger partial charge in [-0.25, -0.2) is 0 Å². The van der Waals surface area contributed by atoms with Crippen molar-refractivity contribution in [2.45, 2.75) is 18.6 Å². The number of anilines is 1. The lowest BCUT2D eigenvalue weighted by Gasteiger charge is -2.22. The first-order valence-corrected chi connectivity index (χ1v) is 10.6. The van der Waals surface area contributed by atoms with Crippen molar-refractivity contribution in [2.24, 2.45) is 0 Å². The quantitative estimate of drug-likeness (QED) is 0.530. The van der Waals surface area contributed by atoms with Crippen LogP contribution in [0.1, 0.15) is 23.1 Å². The highest BCUT2D eigenvalue weighted by molar-refractivity contribution is 6.10. The Hall–Kier alpha value is -3.90. The fourth-order valence-corrected chi connectivity index (χ4v) is 4.06. The number of ether oxygens (including phenoxy) is 2. The molecule has 1 heterocycles. The summed E-state index contributed by atoms with van der Waals surface area (Å²) in [7, 11) is 3.10. The van der Waals surface area contributed by atoms with Crippen LogP contribution < -0.4 is 14.4 Å². The van der Waals surface area contributed by atoms with E-state index in [1.165, 1.54) is 11.0 Å². The van der Waals surface area contributed by atoms with Crippen LogP contribution in [-0.4, -0.2) is 31.0 Å². The van der Waals surface area contributed by atoms with Gasteiger partial charge in [-0.2, -0.15) is 0 Å². The van der Waals surface area contributed by atoms with Crippen LogP contribution in [0.5, 0.6) is 11.5 Å². The summed E-state index contributed by atoms with van der Waals surface area (Å²) < 4.78 is 10.6. The van der Waals surface area contributed by atoms with E-state index in [1.807, 2.05) is 36.4 Å². The van der Waals surface area contributed by atoms with Gasteiger partial charge in [-0.1, -0.05) is 60.7 Å². The molecule has 1 N–H and O–H groups in total. The number of carbonyl (C=O) groups is 2. The van der Waals surface area contributed by atoms with Gasteiger partial charge in [0, 0.05) is 5.56 Å². The maximum atomic E-state index is 13.4. The first-order valence-electron chi connectivity index (χ1n) is 10.6. The topological polar surface area (TPSA) is 76.1 Å². The van der Waals surface area contributed by atoms with Crippen LogP contribution in [0.4, 0.5) is 5.69 Å². The number of ketones is 1.